The van der Waals surface area contributed by atoms with Gasteiger partial charge in [0.05, 0.1) is 16.8 Å². The summed E-state index contributed by atoms with van der Waals surface area (Å²) < 4.78 is 1.21. The zero-order valence-corrected chi connectivity index (χ0v) is 12.1. The second kappa shape index (κ2) is 5.12. The maximum atomic E-state index is 12.3. The molecular formula is C14H10N8O2. The van der Waals surface area contributed by atoms with E-state index in [0.717, 1.165) is 0 Å². The minimum absolute atomic E-state index is 0.0169. The maximum absolute atomic E-state index is 12.3. The van der Waals surface area contributed by atoms with Crippen molar-refractivity contribution in [3.63, 3.8) is 0 Å². The molecule has 4 N–H and O–H groups in total. The van der Waals surface area contributed by atoms with Crippen LogP contribution in [0.5, 0.6) is 0 Å². The fourth-order valence-electron chi connectivity index (χ4n) is 2.52. The molecule has 10 nitrogen and oxygen atoms in total. The molecule has 0 bridgehead atoms. The van der Waals surface area contributed by atoms with Gasteiger partial charge < -0.3 is 5.73 Å². The van der Waals surface area contributed by atoms with E-state index in [-0.39, 0.29) is 22.3 Å². The third-order valence-corrected chi connectivity index (χ3v) is 3.57. The average Bonchev–Trinajstić information content (AvgIpc) is 3.13. The summed E-state index contributed by atoms with van der Waals surface area (Å²) in [5, 5.41) is 15.4. The minimum atomic E-state index is -0.547. The Morgan fingerprint density at radius 1 is 1.00 bits per heavy atom. The Labute approximate surface area is 133 Å². The van der Waals surface area contributed by atoms with E-state index in [2.05, 4.69) is 30.7 Å². The van der Waals surface area contributed by atoms with E-state index in [4.69, 9.17) is 5.73 Å². The Morgan fingerprint density at radius 3 is 2.38 bits per heavy atom. The van der Waals surface area contributed by atoms with E-state index in [1.54, 1.807) is 12.1 Å². The molecule has 24 heavy (non-hydrogen) atoms. The lowest BCUT2D eigenvalue weighted by Gasteiger charge is -2.11. The van der Waals surface area contributed by atoms with Crippen LogP contribution in [0.3, 0.4) is 0 Å². The van der Waals surface area contributed by atoms with E-state index >= 15 is 0 Å². The zero-order chi connectivity index (χ0) is 16.7. The van der Waals surface area contributed by atoms with E-state index in [1.807, 2.05) is 18.2 Å². The molecule has 0 atom stereocenters. The van der Waals surface area contributed by atoms with Crippen molar-refractivity contribution in [3.8, 4) is 17.1 Å². The van der Waals surface area contributed by atoms with Crippen molar-refractivity contribution in [2.75, 3.05) is 5.73 Å². The van der Waals surface area contributed by atoms with Crippen molar-refractivity contribution in [2.45, 2.75) is 0 Å². The van der Waals surface area contributed by atoms with Gasteiger partial charge in [-0.2, -0.15) is 4.68 Å². The van der Waals surface area contributed by atoms with E-state index in [0.29, 0.717) is 11.3 Å². The molecule has 10 heteroatoms. The van der Waals surface area contributed by atoms with Gasteiger partial charge in [0.2, 0.25) is 0 Å². The highest BCUT2D eigenvalue weighted by molar-refractivity contribution is 6.01. The number of hydrogen-bond acceptors (Lipinski definition) is 7. The number of fused-ring (bicyclic) bond motifs is 1. The Balaban J connectivity index is 2.22. The summed E-state index contributed by atoms with van der Waals surface area (Å²) in [7, 11) is 0. The molecule has 4 aromatic rings. The Hall–Kier alpha value is -3.82. The number of tetrazole rings is 1. The number of benzene rings is 1. The van der Waals surface area contributed by atoms with Gasteiger partial charge in [-0.3, -0.25) is 19.8 Å². The highest BCUT2D eigenvalue weighted by Crippen LogP contribution is 2.30. The number of pyridine rings is 1. The van der Waals surface area contributed by atoms with Crippen LogP contribution in [-0.2, 0) is 0 Å². The molecule has 4 rings (SSSR count). The number of H-pyrrole nitrogens is 2. The van der Waals surface area contributed by atoms with Gasteiger partial charge >= 0.3 is 0 Å². The topological polar surface area (TPSA) is 148 Å². The number of anilines is 1. The van der Waals surface area contributed by atoms with Crippen LogP contribution in [0.15, 0.2) is 46.2 Å². The normalized spacial score (nSPS) is 11.0. The minimum Gasteiger partial charge on any atom is -0.396 e. The number of nitrogens with zero attached hydrogens (tertiary/aromatic N) is 5. The third kappa shape index (κ3) is 1.97. The molecule has 0 aliphatic carbocycles. The Kier molecular flexibility index (Phi) is 2.95. The molecule has 0 spiro atoms. The van der Waals surface area contributed by atoms with Crippen molar-refractivity contribution in [3.05, 3.63) is 57.4 Å². The van der Waals surface area contributed by atoms with Crippen molar-refractivity contribution in [1.82, 2.24) is 35.4 Å². The molecule has 3 aromatic heterocycles. The highest BCUT2D eigenvalue weighted by Gasteiger charge is 2.20. The molecule has 0 saturated carbocycles. The molecule has 1 aromatic carbocycles. The fraction of sp³-hybridized carbons (Fsp3) is 0. The summed E-state index contributed by atoms with van der Waals surface area (Å²) in [5.41, 5.74) is 6.24. The fourth-order valence-corrected chi connectivity index (χ4v) is 2.52. The largest absolute Gasteiger partial charge is 0.396 e. The second-order valence-corrected chi connectivity index (χ2v) is 4.98. The summed E-state index contributed by atoms with van der Waals surface area (Å²) in [6.45, 7) is 0. The number of hydrogen-bond donors (Lipinski definition) is 3. The first kappa shape index (κ1) is 13.8. The van der Waals surface area contributed by atoms with Crippen molar-refractivity contribution >= 4 is 16.5 Å². The first-order valence-corrected chi connectivity index (χ1v) is 6.89. The molecule has 118 valence electrons. The second-order valence-electron chi connectivity index (χ2n) is 4.98. The van der Waals surface area contributed by atoms with Crippen LogP contribution in [0, 0.1) is 0 Å². The summed E-state index contributed by atoms with van der Waals surface area (Å²) in [6, 6.07) is 9.09. The summed E-state index contributed by atoms with van der Waals surface area (Å²) in [6.07, 6.45) is 1.29. The van der Waals surface area contributed by atoms with Gasteiger partial charge in [-0.15, -0.1) is 5.10 Å². The molecule has 0 aliphatic rings. The molecule has 0 aliphatic heterocycles. The number of nitrogens with one attached hydrogen (secondary N) is 2. The van der Waals surface area contributed by atoms with Crippen LogP contribution in [0.1, 0.15) is 0 Å². The number of aromatic nitrogens is 7. The number of rotatable bonds is 2. The van der Waals surface area contributed by atoms with Crippen molar-refractivity contribution in [2.24, 2.45) is 0 Å². The lowest BCUT2D eigenvalue weighted by atomic mass is 10.1. The van der Waals surface area contributed by atoms with Crippen molar-refractivity contribution < 1.29 is 0 Å². The van der Waals surface area contributed by atoms with Crippen LogP contribution >= 0.6 is 0 Å². The lowest BCUT2D eigenvalue weighted by Crippen LogP contribution is -2.23. The van der Waals surface area contributed by atoms with E-state index < -0.39 is 11.1 Å². The third-order valence-electron chi connectivity index (χ3n) is 3.57. The molecular weight excluding hydrogens is 312 g/mol. The Bertz CT molecular complexity index is 1150. The summed E-state index contributed by atoms with van der Waals surface area (Å²) in [5.74, 6) is 0.121. The van der Waals surface area contributed by atoms with Gasteiger partial charge in [0, 0.05) is 5.56 Å². The number of nitrogen functional groups attached to an aromatic ring is 1. The van der Waals surface area contributed by atoms with Crippen LogP contribution in [-0.4, -0.2) is 35.4 Å². The standard InChI is InChI=1S/C14H10N8O2/c15-10-8-9(14(24)19-18-13(8)23)12(22-6-16-20-21-22)17-11(10)7-4-2-1-3-5-7/h1-6H,15H2,(H,18,23)(H,19,24). The van der Waals surface area contributed by atoms with Crippen LogP contribution in [0.2, 0.25) is 0 Å². The summed E-state index contributed by atoms with van der Waals surface area (Å²) >= 11 is 0. The molecule has 0 unspecified atom stereocenters. The predicted octanol–water partition coefficient (Wildman–Crippen LogP) is -0.164. The smallest absolute Gasteiger partial charge is 0.274 e. The lowest BCUT2D eigenvalue weighted by molar-refractivity contribution is 0.775. The van der Waals surface area contributed by atoms with Gasteiger partial charge in [-0.05, 0) is 10.4 Å². The SMILES string of the molecule is Nc1c(-c2ccccc2)nc(-n2cnnn2)c2c(=O)[nH][nH]c(=O)c12. The number of nitrogens with two attached hydrogens (primary N) is 1. The summed E-state index contributed by atoms with van der Waals surface area (Å²) in [4.78, 5) is 28.9. The molecule has 0 radical (unpaired) electrons. The van der Waals surface area contributed by atoms with Gasteiger partial charge in [0.25, 0.3) is 11.1 Å². The van der Waals surface area contributed by atoms with Gasteiger partial charge in [0.1, 0.15) is 11.7 Å². The predicted molar refractivity (Wildman–Crippen MR) is 85.5 cm³/mol. The quantitative estimate of drug-likeness (QED) is 0.464. The molecule has 0 saturated heterocycles. The van der Waals surface area contributed by atoms with Gasteiger partial charge in [-0.25, -0.2) is 4.98 Å². The van der Waals surface area contributed by atoms with Crippen LogP contribution in [0.4, 0.5) is 5.69 Å². The van der Waals surface area contributed by atoms with Crippen LogP contribution in [0.25, 0.3) is 27.8 Å². The van der Waals surface area contributed by atoms with Gasteiger partial charge in [0.15, 0.2) is 5.82 Å². The number of aromatic amines is 2. The molecule has 0 amide bonds. The first-order valence-electron chi connectivity index (χ1n) is 6.89. The van der Waals surface area contributed by atoms with Crippen molar-refractivity contribution in [1.29, 1.82) is 0 Å². The van der Waals surface area contributed by atoms with E-state index in [9.17, 15) is 9.59 Å². The zero-order valence-electron chi connectivity index (χ0n) is 12.1. The highest BCUT2D eigenvalue weighted by atomic mass is 16.1. The molecule has 3 heterocycles. The monoisotopic (exact) mass is 322 g/mol. The first-order chi connectivity index (χ1) is 11.7. The van der Waals surface area contributed by atoms with E-state index in [1.165, 1.54) is 11.0 Å². The Morgan fingerprint density at radius 2 is 1.71 bits per heavy atom. The van der Waals surface area contributed by atoms with Crippen LogP contribution < -0.4 is 16.9 Å². The van der Waals surface area contributed by atoms with Gasteiger partial charge in [-0.1, -0.05) is 30.3 Å². The average molecular weight is 322 g/mol. The molecule has 0 fully saturated rings. The maximum Gasteiger partial charge on any atom is 0.274 e.